The number of likely N-dealkylation sites (N-methyl/N-ethyl adjacent to an activating group) is 1. The van der Waals surface area contributed by atoms with Crippen molar-refractivity contribution in [3.8, 4) is 17.6 Å². The van der Waals surface area contributed by atoms with E-state index in [0.29, 0.717) is 6.61 Å². The molecule has 2 rings (SSSR count). The van der Waals surface area contributed by atoms with Gasteiger partial charge in [0.25, 0.3) is 0 Å². The number of nitrogens with zero attached hydrogens (tertiary/aromatic N) is 2. The SMILES string of the molecule is CN(CC=CC#CC(C)(C)C)Cc1cccc(OCc2ccncc2)c1. The summed E-state index contributed by atoms with van der Waals surface area (Å²) < 4.78 is 5.88. The zero-order valence-corrected chi connectivity index (χ0v) is 16.2. The van der Waals surface area contributed by atoms with Crippen LogP contribution in [0.3, 0.4) is 0 Å². The van der Waals surface area contributed by atoms with Gasteiger partial charge < -0.3 is 4.74 Å². The summed E-state index contributed by atoms with van der Waals surface area (Å²) in [5.41, 5.74) is 2.39. The van der Waals surface area contributed by atoms with Gasteiger partial charge in [-0.1, -0.05) is 30.0 Å². The van der Waals surface area contributed by atoms with E-state index < -0.39 is 0 Å². The highest BCUT2D eigenvalue weighted by Gasteiger charge is 2.03. The predicted octanol–water partition coefficient (Wildman–Crippen LogP) is 4.70. The van der Waals surface area contributed by atoms with Crippen LogP contribution in [0.25, 0.3) is 0 Å². The van der Waals surface area contributed by atoms with Gasteiger partial charge in [0.2, 0.25) is 0 Å². The van der Waals surface area contributed by atoms with Crippen molar-refractivity contribution in [1.29, 1.82) is 0 Å². The Morgan fingerprint density at radius 2 is 1.88 bits per heavy atom. The van der Waals surface area contributed by atoms with Gasteiger partial charge in [-0.25, -0.2) is 0 Å². The molecule has 0 aliphatic heterocycles. The van der Waals surface area contributed by atoms with Gasteiger partial charge in [0, 0.05) is 30.9 Å². The molecule has 1 aromatic heterocycles. The van der Waals surface area contributed by atoms with E-state index in [1.54, 1.807) is 12.4 Å². The number of benzene rings is 1. The number of rotatable bonds is 7. The van der Waals surface area contributed by atoms with E-state index in [1.807, 2.05) is 30.3 Å². The van der Waals surface area contributed by atoms with Crippen molar-refractivity contribution in [3.63, 3.8) is 0 Å². The first kappa shape index (κ1) is 19.8. The van der Waals surface area contributed by atoms with Gasteiger partial charge in [-0.3, -0.25) is 9.88 Å². The lowest BCUT2D eigenvalue weighted by Crippen LogP contribution is -2.17. The molecule has 0 bridgehead atoms. The Balaban J connectivity index is 1.83. The van der Waals surface area contributed by atoms with Crippen LogP contribution in [0.4, 0.5) is 0 Å². The minimum absolute atomic E-state index is 0.0486. The van der Waals surface area contributed by atoms with Crippen molar-refractivity contribution >= 4 is 0 Å². The first-order chi connectivity index (χ1) is 12.4. The van der Waals surface area contributed by atoms with Crippen LogP contribution in [-0.4, -0.2) is 23.5 Å². The van der Waals surface area contributed by atoms with Crippen molar-refractivity contribution in [2.75, 3.05) is 13.6 Å². The number of aromatic nitrogens is 1. The van der Waals surface area contributed by atoms with Crippen LogP contribution >= 0.6 is 0 Å². The standard InChI is InChI=1S/C23H28N2O/c1-23(2,3)13-6-5-7-16-25(4)18-21-9-8-10-22(17-21)26-19-20-11-14-24-15-12-20/h5,7-12,14-15,17H,16,18-19H2,1-4H3. The molecule has 0 saturated carbocycles. The highest BCUT2D eigenvalue weighted by Crippen LogP contribution is 2.16. The van der Waals surface area contributed by atoms with Crippen molar-refractivity contribution in [2.24, 2.45) is 5.41 Å². The van der Waals surface area contributed by atoms with Crippen LogP contribution in [0.2, 0.25) is 0 Å². The molecule has 0 N–H and O–H groups in total. The minimum Gasteiger partial charge on any atom is -0.489 e. The Kier molecular flexibility index (Phi) is 7.44. The summed E-state index contributed by atoms with van der Waals surface area (Å²) in [4.78, 5) is 6.27. The monoisotopic (exact) mass is 348 g/mol. The van der Waals surface area contributed by atoms with Crippen LogP contribution in [0.1, 0.15) is 31.9 Å². The molecule has 0 aliphatic rings. The van der Waals surface area contributed by atoms with Crippen LogP contribution in [0.15, 0.2) is 60.9 Å². The Hall–Kier alpha value is -2.57. The third-order valence-electron chi connectivity index (χ3n) is 3.57. The molecule has 0 atom stereocenters. The third-order valence-corrected chi connectivity index (χ3v) is 3.57. The van der Waals surface area contributed by atoms with E-state index in [4.69, 9.17) is 4.74 Å². The topological polar surface area (TPSA) is 25.4 Å². The lowest BCUT2D eigenvalue weighted by atomic mass is 9.98. The zero-order chi connectivity index (χ0) is 18.8. The summed E-state index contributed by atoms with van der Waals surface area (Å²) in [6.07, 6.45) is 7.60. The average Bonchev–Trinajstić information content (AvgIpc) is 2.60. The van der Waals surface area contributed by atoms with Crippen LogP contribution in [0, 0.1) is 17.3 Å². The van der Waals surface area contributed by atoms with Crippen molar-refractivity contribution < 1.29 is 4.74 Å². The lowest BCUT2D eigenvalue weighted by molar-refractivity contribution is 0.304. The molecule has 0 amide bonds. The van der Waals surface area contributed by atoms with Gasteiger partial charge in [0.15, 0.2) is 0 Å². The van der Waals surface area contributed by atoms with Gasteiger partial charge in [-0.2, -0.15) is 0 Å². The molecule has 0 unspecified atom stereocenters. The van der Waals surface area contributed by atoms with E-state index in [9.17, 15) is 0 Å². The number of allylic oxidation sites excluding steroid dienone is 1. The quantitative estimate of drug-likeness (QED) is 0.678. The van der Waals surface area contributed by atoms with E-state index in [1.165, 1.54) is 5.56 Å². The summed E-state index contributed by atoms with van der Waals surface area (Å²) in [6.45, 7) is 8.62. The summed E-state index contributed by atoms with van der Waals surface area (Å²) in [5, 5.41) is 0. The van der Waals surface area contributed by atoms with E-state index in [-0.39, 0.29) is 5.41 Å². The molecule has 26 heavy (non-hydrogen) atoms. The maximum Gasteiger partial charge on any atom is 0.120 e. The highest BCUT2D eigenvalue weighted by atomic mass is 16.5. The van der Waals surface area contributed by atoms with Gasteiger partial charge in [0.05, 0.1) is 0 Å². The normalized spacial score (nSPS) is 11.4. The van der Waals surface area contributed by atoms with Crippen LogP contribution in [0.5, 0.6) is 5.75 Å². The Labute approximate surface area is 157 Å². The van der Waals surface area contributed by atoms with Crippen LogP contribution in [-0.2, 0) is 13.2 Å². The predicted molar refractivity (Wildman–Crippen MR) is 108 cm³/mol. The third kappa shape index (κ3) is 8.00. The Morgan fingerprint density at radius 3 is 2.62 bits per heavy atom. The molecule has 2 aromatic rings. The molecule has 0 saturated heterocycles. The fraction of sp³-hybridized carbons (Fsp3) is 0.348. The number of ether oxygens (including phenoxy) is 1. The second-order valence-electron chi connectivity index (χ2n) is 7.41. The summed E-state index contributed by atoms with van der Waals surface area (Å²) in [7, 11) is 2.10. The maximum atomic E-state index is 5.88. The molecular formula is C23H28N2O. The average molecular weight is 348 g/mol. The molecular weight excluding hydrogens is 320 g/mol. The Bertz CT molecular complexity index is 764. The molecule has 3 nitrogen and oxygen atoms in total. The molecule has 136 valence electrons. The molecule has 0 spiro atoms. The van der Waals surface area contributed by atoms with Gasteiger partial charge in [-0.05, 0) is 69.3 Å². The van der Waals surface area contributed by atoms with E-state index >= 15 is 0 Å². The summed E-state index contributed by atoms with van der Waals surface area (Å²) >= 11 is 0. The first-order valence-electron chi connectivity index (χ1n) is 8.89. The number of hydrogen-bond donors (Lipinski definition) is 0. The smallest absolute Gasteiger partial charge is 0.120 e. The summed E-state index contributed by atoms with van der Waals surface area (Å²) in [5.74, 6) is 7.20. The second-order valence-corrected chi connectivity index (χ2v) is 7.41. The van der Waals surface area contributed by atoms with Gasteiger partial charge in [0.1, 0.15) is 12.4 Å². The fourth-order valence-corrected chi connectivity index (χ4v) is 2.31. The van der Waals surface area contributed by atoms with E-state index in [2.05, 4.69) is 67.8 Å². The summed E-state index contributed by atoms with van der Waals surface area (Å²) in [6, 6.07) is 12.2. The van der Waals surface area contributed by atoms with Gasteiger partial charge in [-0.15, -0.1) is 0 Å². The molecule has 0 aliphatic carbocycles. The number of pyridine rings is 1. The highest BCUT2D eigenvalue weighted by molar-refractivity contribution is 5.29. The number of hydrogen-bond acceptors (Lipinski definition) is 3. The largest absolute Gasteiger partial charge is 0.489 e. The zero-order valence-electron chi connectivity index (χ0n) is 16.2. The van der Waals surface area contributed by atoms with Crippen LogP contribution < -0.4 is 4.74 Å². The molecule has 1 aromatic carbocycles. The lowest BCUT2D eigenvalue weighted by Gasteiger charge is -2.15. The molecule has 0 radical (unpaired) electrons. The molecule has 3 heteroatoms. The first-order valence-corrected chi connectivity index (χ1v) is 8.89. The van der Waals surface area contributed by atoms with Crippen molar-refractivity contribution in [2.45, 2.75) is 33.9 Å². The van der Waals surface area contributed by atoms with E-state index in [0.717, 1.165) is 24.4 Å². The minimum atomic E-state index is 0.0486. The molecule has 1 heterocycles. The Morgan fingerprint density at radius 1 is 1.12 bits per heavy atom. The van der Waals surface area contributed by atoms with Crippen molar-refractivity contribution in [1.82, 2.24) is 9.88 Å². The maximum absolute atomic E-state index is 5.88. The van der Waals surface area contributed by atoms with Crippen molar-refractivity contribution in [3.05, 3.63) is 72.1 Å². The van der Waals surface area contributed by atoms with Gasteiger partial charge >= 0.3 is 0 Å². The second kappa shape index (κ2) is 9.79. The molecule has 0 fully saturated rings. The fourth-order valence-electron chi connectivity index (χ4n) is 2.31.